The first-order valence-electron chi connectivity index (χ1n) is 6.53. The van der Waals surface area contributed by atoms with E-state index in [9.17, 15) is 0 Å². The number of hydrogen-bond donors (Lipinski definition) is 1. The lowest BCUT2D eigenvalue weighted by molar-refractivity contribution is 0.218. The average molecular weight is 232 g/mol. The van der Waals surface area contributed by atoms with Gasteiger partial charge in [-0.2, -0.15) is 0 Å². The van der Waals surface area contributed by atoms with Crippen LogP contribution in [0.3, 0.4) is 0 Å². The molecular formula is C15H24N2. The van der Waals surface area contributed by atoms with E-state index in [2.05, 4.69) is 50.2 Å². The molecule has 0 aromatic heterocycles. The minimum absolute atomic E-state index is 0.854. The first-order chi connectivity index (χ1) is 8.08. The fraction of sp³-hybridized carbons (Fsp3) is 0.600. The normalized spacial score (nSPS) is 16.3. The third-order valence-corrected chi connectivity index (χ3v) is 4.05. The van der Waals surface area contributed by atoms with Crippen LogP contribution in [0.1, 0.15) is 22.3 Å². The van der Waals surface area contributed by atoms with Crippen molar-refractivity contribution in [3.8, 4) is 0 Å². The lowest BCUT2D eigenvalue weighted by Crippen LogP contribution is -2.47. The largest absolute Gasteiger partial charge is 0.316 e. The predicted octanol–water partition coefficient (Wildman–Crippen LogP) is 2.26. The van der Waals surface area contributed by atoms with Crippen LogP contribution in [0.15, 0.2) is 12.1 Å². The maximum atomic E-state index is 3.33. The van der Waals surface area contributed by atoms with Crippen LogP contribution in [0.4, 0.5) is 0 Å². The summed E-state index contributed by atoms with van der Waals surface area (Å²) in [6.07, 6.45) is 0. The molecule has 2 nitrogen and oxygen atoms in total. The van der Waals surface area contributed by atoms with Crippen molar-refractivity contribution in [3.63, 3.8) is 0 Å². The zero-order valence-corrected chi connectivity index (χ0v) is 11.5. The van der Waals surface area contributed by atoms with E-state index in [0.717, 1.165) is 12.5 Å². The van der Waals surface area contributed by atoms with Gasteiger partial charge in [-0.3, -0.25) is 0 Å². The van der Waals surface area contributed by atoms with Gasteiger partial charge in [-0.05, 0) is 56.0 Å². The van der Waals surface area contributed by atoms with E-state index in [1.54, 1.807) is 0 Å². The smallest absolute Gasteiger partial charge is 0.0233 e. The third-order valence-electron chi connectivity index (χ3n) is 4.05. The molecule has 0 spiro atoms. The highest BCUT2D eigenvalue weighted by Crippen LogP contribution is 2.19. The van der Waals surface area contributed by atoms with Crippen LogP contribution in [0.2, 0.25) is 0 Å². The summed E-state index contributed by atoms with van der Waals surface area (Å²) in [5, 5.41) is 3.33. The fourth-order valence-electron chi connectivity index (χ4n) is 2.46. The highest BCUT2D eigenvalue weighted by atomic mass is 15.1. The molecule has 0 amide bonds. The Hall–Kier alpha value is -0.860. The van der Waals surface area contributed by atoms with Crippen LogP contribution >= 0.6 is 0 Å². The Bertz CT molecular complexity index is 394. The minimum atomic E-state index is 0.854. The molecule has 2 heteroatoms. The Balaban J connectivity index is 1.99. The van der Waals surface area contributed by atoms with Gasteiger partial charge < -0.3 is 10.2 Å². The summed E-state index contributed by atoms with van der Waals surface area (Å²) in [4.78, 5) is 2.45. The van der Waals surface area contributed by atoms with Gasteiger partial charge in [0.1, 0.15) is 0 Å². The Morgan fingerprint density at radius 1 is 1.18 bits per heavy atom. The van der Waals surface area contributed by atoms with Crippen LogP contribution < -0.4 is 5.32 Å². The summed E-state index contributed by atoms with van der Waals surface area (Å²) in [6.45, 7) is 11.3. The van der Waals surface area contributed by atoms with Gasteiger partial charge in [-0.15, -0.1) is 0 Å². The monoisotopic (exact) mass is 232 g/mol. The van der Waals surface area contributed by atoms with E-state index in [-0.39, 0.29) is 0 Å². The minimum Gasteiger partial charge on any atom is -0.316 e. The van der Waals surface area contributed by atoms with Crippen molar-refractivity contribution in [3.05, 3.63) is 34.4 Å². The van der Waals surface area contributed by atoms with Gasteiger partial charge in [0.25, 0.3) is 0 Å². The third kappa shape index (κ3) is 2.88. The molecule has 0 aliphatic carbocycles. The summed E-state index contributed by atoms with van der Waals surface area (Å²) in [5.74, 6) is 0.854. The van der Waals surface area contributed by atoms with Gasteiger partial charge in [0.05, 0.1) is 0 Å². The van der Waals surface area contributed by atoms with Gasteiger partial charge in [-0.25, -0.2) is 0 Å². The molecule has 1 N–H and O–H groups in total. The second-order valence-electron chi connectivity index (χ2n) is 5.51. The SMILES string of the molecule is Cc1ccc(CN(C)CC2CNC2)c(C)c1C. The van der Waals surface area contributed by atoms with Gasteiger partial charge in [0, 0.05) is 26.2 Å². The van der Waals surface area contributed by atoms with Crippen molar-refractivity contribution in [2.24, 2.45) is 5.92 Å². The van der Waals surface area contributed by atoms with Crippen LogP contribution in [0.25, 0.3) is 0 Å². The molecule has 1 aromatic carbocycles. The molecule has 1 aromatic rings. The lowest BCUT2D eigenvalue weighted by atomic mass is 9.98. The Morgan fingerprint density at radius 3 is 2.47 bits per heavy atom. The van der Waals surface area contributed by atoms with Crippen LogP contribution in [0, 0.1) is 26.7 Å². The van der Waals surface area contributed by atoms with Crippen LogP contribution in [-0.2, 0) is 6.54 Å². The summed E-state index contributed by atoms with van der Waals surface area (Å²) in [5.41, 5.74) is 5.78. The second kappa shape index (κ2) is 5.19. The number of benzene rings is 1. The van der Waals surface area contributed by atoms with Gasteiger partial charge in [0.15, 0.2) is 0 Å². The van der Waals surface area contributed by atoms with Crippen LogP contribution in [0.5, 0.6) is 0 Å². The molecule has 94 valence electrons. The highest BCUT2D eigenvalue weighted by molar-refractivity contribution is 5.38. The van der Waals surface area contributed by atoms with E-state index in [4.69, 9.17) is 0 Å². The molecule has 1 fully saturated rings. The van der Waals surface area contributed by atoms with Gasteiger partial charge in [-0.1, -0.05) is 12.1 Å². The first-order valence-corrected chi connectivity index (χ1v) is 6.53. The molecule has 0 radical (unpaired) electrons. The van der Waals surface area contributed by atoms with Gasteiger partial charge >= 0.3 is 0 Å². The first kappa shape index (κ1) is 12.6. The fourth-order valence-corrected chi connectivity index (χ4v) is 2.46. The maximum Gasteiger partial charge on any atom is 0.0233 e. The number of nitrogens with one attached hydrogen (secondary N) is 1. The Labute approximate surface area is 105 Å². The second-order valence-corrected chi connectivity index (χ2v) is 5.51. The standard InChI is InChI=1S/C15H24N2/c1-11-5-6-15(13(3)12(11)2)10-17(4)9-14-7-16-8-14/h5-6,14,16H,7-10H2,1-4H3. The van der Waals surface area contributed by atoms with E-state index < -0.39 is 0 Å². The molecule has 17 heavy (non-hydrogen) atoms. The molecule has 1 saturated heterocycles. The van der Waals surface area contributed by atoms with E-state index in [1.807, 2.05) is 0 Å². The zero-order valence-electron chi connectivity index (χ0n) is 11.5. The van der Waals surface area contributed by atoms with Crippen molar-refractivity contribution in [2.45, 2.75) is 27.3 Å². The van der Waals surface area contributed by atoms with Crippen molar-refractivity contribution in [1.29, 1.82) is 0 Å². The molecule has 0 saturated carbocycles. The number of rotatable bonds is 4. The lowest BCUT2D eigenvalue weighted by Gasteiger charge is -2.31. The van der Waals surface area contributed by atoms with Crippen molar-refractivity contribution in [1.82, 2.24) is 10.2 Å². The number of hydrogen-bond acceptors (Lipinski definition) is 2. The molecule has 0 bridgehead atoms. The Morgan fingerprint density at radius 2 is 1.88 bits per heavy atom. The molecule has 1 aliphatic rings. The molecule has 0 unspecified atom stereocenters. The molecular weight excluding hydrogens is 208 g/mol. The summed E-state index contributed by atoms with van der Waals surface area (Å²) < 4.78 is 0. The summed E-state index contributed by atoms with van der Waals surface area (Å²) in [6, 6.07) is 4.53. The molecule has 1 heterocycles. The summed E-state index contributed by atoms with van der Waals surface area (Å²) in [7, 11) is 2.23. The molecule has 1 aliphatic heterocycles. The van der Waals surface area contributed by atoms with E-state index in [1.165, 1.54) is 41.9 Å². The van der Waals surface area contributed by atoms with E-state index >= 15 is 0 Å². The van der Waals surface area contributed by atoms with Crippen molar-refractivity contribution < 1.29 is 0 Å². The maximum absolute atomic E-state index is 3.33. The van der Waals surface area contributed by atoms with E-state index in [0.29, 0.717) is 0 Å². The van der Waals surface area contributed by atoms with Crippen molar-refractivity contribution in [2.75, 3.05) is 26.7 Å². The average Bonchev–Trinajstić information content (AvgIpc) is 2.25. The highest BCUT2D eigenvalue weighted by Gasteiger charge is 2.18. The van der Waals surface area contributed by atoms with Crippen molar-refractivity contribution >= 4 is 0 Å². The summed E-state index contributed by atoms with van der Waals surface area (Å²) >= 11 is 0. The topological polar surface area (TPSA) is 15.3 Å². The quantitative estimate of drug-likeness (QED) is 0.856. The Kier molecular flexibility index (Phi) is 3.85. The van der Waals surface area contributed by atoms with Gasteiger partial charge in [0.2, 0.25) is 0 Å². The number of aryl methyl sites for hydroxylation is 1. The van der Waals surface area contributed by atoms with Crippen LogP contribution in [-0.4, -0.2) is 31.6 Å². The molecule has 2 rings (SSSR count). The number of nitrogens with zero attached hydrogens (tertiary/aromatic N) is 1. The molecule has 0 atom stereocenters. The zero-order chi connectivity index (χ0) is 12.4. The predicted molar refractivity (Wildman–Crippen MR) is 73.3 cm³/mol.